The number of halogens is 4. The van der Waals surface area contributed by atoms with Crippen LogP contribution in [0.1, 0.15) is 21.5 Å². The van der Waals surface area contributed by atoms with Crippen LogP contribution < -0.4 is 16.0 Å². The molecule has 1 aromatic heterocycles. The smallest absolute Gasteiger partial charge is 0.395 e. The van der Waals surface area contributed by atoms with Gasteiger partial charge < -0.3 is 21.1 Å². The van der Waals surface area contributed by atoms with E-state index < -0.39 is 29.0 Å². The molecule has 0 saturated heterocycles. The molecule has 0 aliphatic rings. The Morgan fingerprint density at radius 2 is 1.84 bits per heavy atom. The Labute approximate surface area is 181 Å². The van der Waals surface area contributed by atoms with Gasteiger partial charge >= 0.3 is 6.18 Å². The Hall–Kier alpha value is -3.66. The largest absolute Gasteiger partial charge is 0.416 e. The van der Waals surface area contributed by atoms with Crippen LogP contribution in [0.15, 0.2) is 54.7 Å². The Morgan fingerprint density at radius 1 is 1.09 bits per heavy atom. The lowest BCUT2D eigenvalue weighted by Gasteiger charge is -2.16. The predicted octanol–water partition coefficient (Wildman–Crippen LogP) is 4.95. The Balaban J connectivity index is 1.95. The van der Waals surface area contributed by atoms with Gasteiger partial charge in [0.1, 0.15) is 5.82 Å². The maximum atomic E-state index is 13.7. The molecule has 168 valence electrons. The van der Waals surface area contributed by atoms with Gasteiger partial charge in [0.2, 0.25) is 0 Å². The zero-order valence-electron chi connectivity index (χ0n) is 16.9. The summed E-state index contributed by atoms with van der Waals surface area (Å²) in [5, 5.41) is 17.4. The topological polar surface area (TPSA) is 86.3 Å². The maximum Gasteiger partial charge on any atom is 0.416 e. The summed E-state index contributed by atoms with van der Waals surface area (Å²) in [5.41, 5.74) is 0.454. The van der Waals surface area contributed by atoms with Crippen molar-refractivity contribution in [3.63, 3.8) is 0 Å². The molecule has 1 amide bonds. The number of aliphatic hydroxyl groups excluding tert-OH is 1. The average Bonchev–Trinajstić information content (AvgIpc) is 2.74. The molecule has 0 aliphatic heterocycles. The first-order chi connectivity index (χ1) is 15.2. The van der Waals surface area contributed by atoms with E-state index in [2.05, 4.69) is 20.9 Å². The molecule has 2 aromatic carbocycles. The van der Waals surface area contributed by atoms with E-state index in [0.717, 1.165) is 11.6 Å². The van der Waals surface area contributed by atoms with Gasteiger partial charge in [-0.25, -0.2) is 9.37 Å². The fourth-order valence-corrected chi connectivity index (χ4v) is 2.88. The van der Waals surface area contributed by atoms with E-state index in [9.17, 15) is 22.4 Å². The van der Waals surface area contributed by atoms with Gasteiger partial charge in [-0.3, -0.25) is 4.79 Å². The Morgan fingerprint density at radius 3 is 2.53 bits per heavy atom. The van der Waals surface area contributed by atoms with Gasteiger partial charge in [-0.1, -0.05) is 18.2 Å². The number of pyridine rings is 1. The number of benzene rings is 2. The van der Waals surface area contributed by atoms with Gasteiger partial charge in [0.25, 0.3) is 5.91 Å². The van der Waals surface area contributed by atoms with Crippen molar-refractivity contribution in [2.24, 2.45) is 0 Å². The molecule has 3 aromatic rings. The van der Waals surface area contributed by atoms with Crippen molar-refractivity contribution in [1.82, 2.24) is 4.98 Å². The van der Waals surface area contributed by atoms with E-state index >= 15 is 0 Å². The van der Waals surface area contributed by atoms with Crippen LogP contribution >= 0.6 is 0 Å². The normalized spacial score (nSPS) is 11.2. The van der Waals surface area contributed by atoms with Crippen LogP contribution in [0.4, 0.5) is 40.4 Å². The maximum absolute atomic E-state index is 13.7. The van der Waals surface area contributed by atoms with E-state index in [0.29, 0.717) is 23.5 Å². The fraction of sp³-hybridized carbons (Fsp3) is 0.182. The predicted molar refractivity (Wildman–Crippen MR) is 114 cm³/mol. The molecule has 4 N–H and O–H groups in total. The van der Waals surface area contributed by atoms with Gasteiger partial charge in [0.15, 0.2) is 5.82 Å². The van der Waals surface area contributed by atoms with E-state index in [-0.39, 0.29) is 24.7 Å². The summed E-state index contributed by atoms with van der Waals surface area (Å²) < 4.78 is 52.8. The molecule has 0 unspecified atom stereocenters. The highest BCUT2D eigenvalue weighted by Crippen LogP contribution is 2.32. The SMILES string of the molecule is Cc1ccccc1Nc1ncc(NCCO)cc1NC(=O)c1cc(F)cc(C(F)(F)F)c1. The van der Waals surface area contributed by atoms with Crippen LogP contribution in [0.25, 0.3) is 0 Å². The fourth-order valence-electron chi connectivity index (χ4n) is 2.88. The van der Waals surface area contributed by atoms with E-state index in [1.807, 2.05) is 19.1 Å². The van der Waals surface area contributed by atoms with Crippen molar-refractivity contribution in [3.8, 4) is 0 Å². The summed E-state index contributed by atoms with van der Waals surface area (Å²) in [5.74, 6) is -1.89. The van der Waals surface area contributed by atoms with Crippen LogP contribution in [0.3, 0.4) is 0 Å². The summed E-state index contributed by atoms with van der Waals surface area (Å²) in [6.07, 6.45) is -3.33. The highest BCUT2D eigenvalue weighted by molar-refractivity contribution is 6.06. The highest BCUT2D eigenvalue weighted by atomic mass is 19.4. The summed E-state index contributed by atoms with van der Waals surface area (Å²) in [7, 11) is 0. The first-order valence-corrected chi connectivity index (χ1v) is 9.54. The molecule has 0 bridgehead atoms. The molecular formula is C22H20F4N4O2. The van der Waals surface area contributed by atoms with Gasteiger partial charge in [0, 0.05) is 17.8 Å². The molecule has 0 fully saturated rings. The third kappa shape index (κ3) is 5.73. The van der Waals surface area contributed by atoms with E-state index in [4.69, 9.17) is 5.11 Å². The summed E-state index contributed by atoms with van der Waals surface area (Å²) >= 11 is 0. The number of carbonyl (C=O) groups is 1. The number of aryl methyl sites for hydroxylation is 1. The highest BCUT2D eigenvalue weighted by Gasteiger charge is 2.32. The zero-order valence-corrected chi connectivity index (χ0v) is 16.9. The van der Waals surface area contributed by atoms with Crippen LogP contribution in [0.2, 0.25) is 0 Å². The summed E-state index contributed by atoms with van der Waals surface area (Å²) in [6, 6.07) is 10.4. The lowest BCUT2D eigenvalue weighted by atomic mass is 10.1. The number of hydrogen-bond acceptors (Lipinski definition) is 5. The summed E-state index contributed by atoms with van der Waals surface area (Å²) in [6.45, 7) is 1.94. The van der Waals surface area contributed by atoms with Gasteiger partial charge in [-0.2, -0.15) is 13.2 Å². The number of anilines is 4. The lowest BCUT2D eigenvalue weighted by molar-refractivity contribution is -0.137. The van der Waals surface area contributed by atoms with Crippen molar-refractivity contribution in [2.75, 3.05) is 29.1 Å². The van der Waals surface area contributed by atoms with Crippen molar-refractivity contribution in [2.45, 2.75) is 13.1 Å². The van der Waals surface area contributed by atoms with Crippen LogP contribution in [0, 0.1) is 12.7 Å². The molecule has 10 heteroatoms. The number of carbonyl (C=O) groups excluding carboxylic acids is 1. The Kier molecular flexibility index (Phi) is 6.94. The number of alkyl halides is 3. The van der Waals surface area contributed by atoms with E-state index in [1.165, 1.54) is 12.3 Å². The standard InChI is InChI=1S/C22H20F4N4O2/c1-13-4-2-3-5-18(13)29-20-19(11-17(12-28-20)27-6-7-31)30-21(32)14-8-15(22(24,25)26)10-16(23)9-14/h2-5,8-12,27,31H,6-7H2,1H3,(H,28,29)(H,30,32). The lowest BCUT2D eigenvalue weighted by Crippen LogP contribution is -2.16. The second-order valence-electron chi connectivity index (χ2n) is 6.89. The van der Waals surface area contributed by atoms with Gasteiger partial charge in [0.05, 0.1) is 29.7 Å². The van der Waals surface area contributed by atoms with Crippen molar-refractivity contribution in [3.05, 3.63) is 77.2 Å². The number of nitrogens with zero attached hydrogens (tertiary/aromatic N) is 1. The molecule has 0 saturated carbocycles. The minimum atomic E-state index is -4.80. The van der Waals surface area contributed by atoms with Crippen molar-refractivity contribution < 1.29 is 27.5 Å². The molecule has 32 heavy (non-hydrogen) atoms. The second kappa shape index (κ2) is 9.65. The number of hydrogen-bond donors (Lipinski definition) is 4. The first-order valence-electron chi connectivity index (χ1n) is 9.54. The monoisotopic (exact) mass is 448 g/mol. The molecule has 3 rings (SSSR count). The minimum Gasteiger partial charge on any atom is -0.395 e. The first kappa shape index (κ1) is 23.0. The molecule has 6 nitrogen and oxygen atoms in total. The van der Waals surface area contributed by atoms with Crippen LogP contribution in [-0.2, 0) is 6.18 Å². The average molecular weight is 448 g/mol. The number of amides is 1. The van der Waals surface area contributed by atoms with Crippen LogP contribution in [0.5, 0.6) is 0 Å². The van der Waals surface area contributed by atoms with Gasteiger partial charge in [-0.05, 0) is 42.8 Å². The van der Waals surface area contributed by atoms with Gasteiger partial charge in [-0.15, -0.1) is 0 Å². The molecule has 0 aliphatic carbocycles. The minimum absolute atomic E-state index is 0.144. The quantitative estimate of drug-likeness (QED) is 0.385. The summed E-state index contributed by atoms with van der Waals surface area (Å²) in [4.78, 5) is 16.9. The number of aromatic nitrogens is 1. The number of rotatable bonds is 7. The van der Waals surface area contributed by atoms with E-state index in [1.54, 1.807) is 12.1 Å². The third-order valence-corrected chi connectivity index (χ3v) is 4.46. The molecule has 0 atom stereocenters. The van der Waals surface area contributed by atoms with Crippen molar-refractivity contribution in [1.29, 1.82) is 0 Å². The molecule has 0 spiro atoms. The molecule has 1 heterocycles. The number of para-hydroxylation sites is 1. The van der Waals surface area contributed by atoms with Crippen LogP contribution in [-0.4, -0.2) is 29.1 Å². The number of aliphatic hydroxyl groups is 1. The molecular weight excluding hydrogens is 428 g/mol. The van der Waals surface area contributed by atoms with Crippen molar-refractivity contribution >= 4 is 28.8 Å². The second-order valence-corrected chi connectivity index (χ2v) is 6.89. The zero-order chi connectivity index (χ0) is 23.3. The Bertz CT molecular complexity index is 1120. The molecule has 0 radical (unpaired) electrons. The number of nitrogens with one attached hydrogen (secondary N) is 3. The third-order valence-electron chi connectivity index (χ3n) is 4.46.